The molecule has 0 aromatic carbocycles. The first kappa shape index (κ1) is 9.46. The Balaban J connectivity index is 2.15. The molecule has 0 bridgehead atoms. The summed E-state index contributed by atoms with van der Waals surface area (Å²) in [4.78, 5) is 14.4. The molecule has 2 N–H and O–H groups in total. The normalized spacial score (nSPS) is 9.62. The third-order valence-electron chi connectivity index (χ3n) is 1.12. The molecule has 7 nitrogen and oxygen atoms in total. The molecule has 1 aromatic heterocycles. The van der Waals surface area contributed by atoms with Crippen molar-refractivity contribution in [3.63, 3.8) is 0 Å². The van der Waals surface area contributed by atoms with Crippen molar-refractivity contribution in [1.29, 1.82) is 0 Å². The largest absolute Gasteiger partial charge is 0.447 e. The molecule has 72 valence electrons. The average molecular weight is 187 g/mol. The lowest BCUT2D eigenvalue weighted by atomic mass is 10.6. The molecule has 0 fully saturated rings. The van der Waals surface area contributed by atoms with Crippen LogP contribution in [0.25, 0.3) is 0 Å². The zero-order chi connectivity index (χ0) is 9.52. The maximum absolute atomic E-state index is 10.8. The van der Waals surface area contributed by atoms with E-state index >= 15 is 0 Å². The van der Waals surface area contributed by atoms with E-state index in [4.69, 9.17) is 5.11 Å². The number of hydrogen-bond donors (Lipinski definition) is 2. The van der Waals surface area contributed by atoms with E-state index in [0.29, 0.717) is 5.82 Å². The summed E-state index contributed by atoms with van der Waals surface area (Å²) in [5, 5.41) is 14.1. The highest BCUT2D eigenvalue weighted by Gasteiger charge is 2.03. The van der Waals surface area contributed by atoms with Crippen LogP contribution in [0.2, 0.25) is 0 Å². The van der Waals surface area contributed by atoms with Gasteiger partial charge in [-0.05, 0) is 0 Å². The zero-order valence-electron chi connectivity index (χ0n) is 6.77. The molecule has 7 heteroatoms. The molecular formula is C6H9N3O4. The van der Waals surface area contributed by atoms with Crippen LogP contribution < -0.4 is 5.32 Å². The molecule has 1 heterocycles. The minimum absolute atomic E-state index is 0.0297. The van der Waals surface area contributed by atoms with E-state index < -0.39 is 6.09 Å². The Morgan fingerprint density at radius 1 is 1.77 bits per heavy atom. The summed E-state index contributed by atoms with van der Waals surface area (Å²) < 4.78 is 8.94. The van der Waals surface area contributed by atoms with Crippen molar-refractivity contribution in [3.8, 4) is 0 Å². The Hall–Kier alpha value is -1.63. The summed E-state index contributed by atoms with van der Waals surface area (Å²) in [5.41, 5.74) is 0. The van der Waals surface area contributed by atoms with Gasteiger partial charge in [0.15, 0.2) is 5.82 Å². The van der Waals surface area contributed by atoms with Crippen LogP contribution in [0, 0.1) is 0 Å². The Morgan fingerprint density at radius 3 is 3.23 bits per heavy atom. The monoisotopic (exact) mass is 187 g/mol. The van der Waals surface area contributed by atoms with Crippen LogP contribution in [0.4, 0.5) is 4.79 Å². The number of nitrogens with zero attached hydrogens (tertiary/aromatic N) is 2. The van der Waals surface area contributed by atoms with E-state index in [2.05, 4.69) is 24.7 Å². The first-order valence-electron chi connectivity index (χ1n) is 3.59. The first-order chi connectivity index (χ1) is 6.33. The zero-order valence-corrected chi connectivity index (χ0v) is 6.77. The smallest absolute Gasteiger partial charge is 0.407 e. The summed E-state index contributed by atoms with van der Waals surface area (Å²) in [6, 6.07) is 0. The molecule has 1 rings (SSSR count). The quantitative estimate of drug-likeness (QED) is 0.646. The van der Waals surface area contributed by atoms with Crippen LogP contribution in [-0.4, -0.2) is 34.6 Å². The predicted octanol–water partition coefficient (Wildman–Crippen LogP) is -0.712. The Morgan fingerprint density at radius 2 is 2.62 bits per heavy atom. The lowest BCUT2D eigenvalue weighted by molar-refractivity contribution is 0.118. The van der Waals surface area contributed by atoms with Crippen LogP contribution in [0.5, 0.6) is 0 Å². The molecule has 0 radical (unpaired) electrons. The van der Waals surface area contributed by atoms with Gasteiger partial charge >= 0.3 is 6.09 Å². The molecule has 13 heavy (non-hydrogen) atoms. The standard InChI is InChI=1S/C6H9N3O4/c10-1-2-12-6(11)7-3-5-8-4-13-9-5/h4,10H,1-3H2,(H,7,11). The summed E-state index contributed by atoms with van der Waals surface area (Å²) in [6.45, 7) is -0.0888. The minimum Gasteiger partial charge on any atom is -0.447 e. The van der Waals surface area contributed by atoms with Crippen molar-refractivity contribution < 1.29 is 19.2 Å². The average Bonchev–Trinajstić information content (AvgIpc) is 2.64. The molecule has 0 aliphatic heterocycles. The highest BCUT2D eigenvalue weighted by molar-refractivity contribution is 5.66. The van der Waals surface area contributed by atoms with Gasteiger partial charge in [0.1, 0.15) is 6.61 Å². The van der Waals surface area contributed by atoms with Crippen molar-refractivity contribution in [2.75, 3.05) is 13.2 Å². The topological polar surface area (TPSA) is 97.5 Å². The molecule has 0 saturated heterocycles. The predicted molar refractivity (Wildman–Crippen MR) is 39.6 cm³/mol. The number of aromatic nitrogens is 2. The fraction of sp³-hybridized carbons (Fsp3) is 0.500. The van der Waals surface area contributed by atoms with E-state index in [-0.39, 0.29) is 19.8 Å². The van der Waals surface area contributed by atoms with Crippen LogP contribution in [0.3, 0.4) is 0 Å². The first-order valence-corrected chi connectivity index (χ1v) is 3.59. The number of alkyl carbamates (subject to hydrolysis) is 1. The van der Waals surface area contributed by atoms with Crippen LogP contribution in [0.15, 0.2) is 10.9 Å². The van der Waals surface area contributed by atoms with Crippen LogP contribution in [-0.2, 0) is 11.3 Å². The van der Waals surface area contributed by atoms with Crippen LogP contribution in [0.1, 0.15) is 5.82 Å². The van der Waals surface area contributed by atoms with Crippen molar-refractivity contribution in [2.45, 2.75) is 6.54 Å². The molecule has 0 spiro atoms. The molecular weight excluding hydrogens is 178 g/mol. The van der Waals surface area contributed by atoms with Crippen molar-refractivity contribution in [1.82, 2.24) is 15.5 Å². The summed E-state index contributed by atoms with van der Waals surface area (Å²) in [5.74, 6) is 0.362. The van der Waals surface area contributed by atoms with Crippen LogP contribution >= 0.6 is 0 Å². The second kappa shape index (κ2) is 5.09. The number of aliphatic hydroxyl groups is 1. The van der Waals surface area contributed by atoms with Gasteiger partial charge in [0.05, 0.1) is 13.2 Å². The van der Waals surface area contributed by atoms with Crippen molar-refractivity contribution >= 4 is 6.09 Å². The van der Waals surface area contributed by atoms with E-state index in [1.807, 2.05) is 0 Å². The number of carbonyl (C=O) groups is 1. The maximum atomic E-state index is 10.8. The van der Waals surface area contributed by atoms with Gasteiger partial charge in [-0.25, -0.2) is 4.79 Å². The number of hydrogen-bond acceptors (Lipinski definition) is 6. The second-order valence-electron chi connectivity index (χ2n) is 2.06. The maximum Gasteiger partial charge on any atom is 0.407 e. The van der Waals surface area contributed by atoms with Gasteiger partial charge in [-0.15, -0.1) is 0 Å². The molecule has 1 aromatic rings. The fourth-order valence-corrected chi connectivity index (χ4v) is 0.611. The van der Waals surface area contributed by atoms with Gasteiger partial charge in [0.2, 0.25) is 6.39 Å². The van der Waals surface area contributed by atoms with E-state index in [9.17, 15) is 4.79 Å². The van der Waals surface area contributed by atoms with E-state index in [1.54, 1.807) is 0 Å². The lowest BCUT2D eigenvalue weighted by Crippen LogP contribution is -2.25. The van der Waals surface area contributed by atoms with Gasteiger partial charge in [-0.3, -0.25) is 0 Å². The molecule has 0 unspecified atom stereocenters. The second-order valence-corrected chi connectivity index (χ2v) is 2.06. The minimum atomic E-state index is -0.626. The Kier molecular flexibility index (Phi) is 3.71. The highest BCUT2D eigenvalue weighted by atomic mass is 16.6. The van der Waals surface area contributed by atoms with Gasteiger partial charge in [0, 0.05) is 0 Å². The summed E-state index contributed by atoms with van der Waals surface area (Å²) in [7, 11) is 0. The van der Waals surface area contributed by atoms with Crippen molar-refractivity contribution in [3.05, 3.63) is 12.2 Å². The van der Waals surface area contributed by atoms with E-state index in [1.165, 1.54) is 0 Å². The number of nitrogens with one attached hydrogen (secondary N) is 1. The van der Waals surface area contributed by atoms with Gasteiger partial charge in [-0.2, -0.15) is 4.98 Å². The summed E-state index contributed by atoms with van der Waals surface area (Å²) in [6.07, 6.45) is 0.537. The fourth-order valence-electron chi connectivity index (χ4n) is 0.611. The third-order valence-corrected chi connectivity index (χ3v) is 1.12. The molecule has 0 atom stereocenters. The number of carbonyl (C=O) groups excluding carboxylic acids is 1. The van der Waals surface area contributed by atoms with Gasteiger partial charge in [0.25, 0.3) is 0 Å². The number of rotatable bonds is 4. The molecule has 0 aliphatic rings. The highest BCUT2D eigenvalue weighted by Crippen LogP contribution is 1.87. The third kappa shape index (κ3) is 3.52. The Bertz CT molecular complexity index is 248. The van der Waals surface area contributed by atoms with Gasteiger partial charge < -0.3 is 19.7 Å². The number of amides is 1. The van der Waals surface area contributed by atoms with E-state index in [0.717, 1.165) is 6.39 Å². The summed E-state index contributed by atoms with van der Waals surface area (Å²) >= 11 is 0. The molecule has 1 amide bonds. The Labute approximate surface area is 73.7 Å². The SMILES string of the molecule is O=C(NCc1ncon1)OCCO. The number of ether oxygens (including phenoxy) is 1. The number of aliphatic hydroxyl groups excluding tert-OH is 1. The van der Waals surface area contributed by atoms with Crippen molar-refractivity contribution in [2.24, 2.45) is 0 Å². The molecule has 0 saturated carbocycles. The molecule has 0 aliphatic carbocycles. The van der Waals surface area contributed by atoms with Gasteiger partial charge in [-0.1, -0.05) is 5.16 Å². The lowest BCUT2D eigenvalue weighted by Gasteiger charge is -2.02.